The van der Waals surface area contributed by atoms with Gasteiger partial charge in [-0.25, -0.2) is 4.79 Å². The molecule has 6 heteroatoms. The lowest BCUT2D eigenvalue weighted by atomic mass is 10.0. The van der Waals surface area contributed by atoms with E-state index in [1.54, 1.807) is 4.90 Å². The Bertz CT molecular complexity index is 533. The first kappa shape index (κ1) is 17.3. The predicted molar refractivity (Wildman–Crippen MR) is 90.1 cm³/mol. The van der Waals surface area contributed by atoms with Gasteiger partial charge in [-0.1, -0.05) is 24.3 Å². The number of carbonyl (C=O) groups is 2. The van der Waals surface area contributed by atoms with Gasteiger partial charge >= 0.3 is 6.03 Å². The van der Waals surface area contributed by atoms with Crippen molar-refractivity contribution in [2.24, 2.45) is 0 Å². The molecule has 126 valence electrons. The molecule has 0 radical (unpaired) electrons. The van der Waals surface area contributed by atoms with Crippen LogP contribution in [0.4, 0.5) is 4.79 Å². The van der Waals surface area contributed by atoms with Crippen LogP contribution in [0, 0.1) is 0 Å². The van der Waals surface area contributed by atoms with Gasteiger partial charge in [0.25, 0.3) is 0 Å². The highest BCUT2D eigenvalue weighted by Gasteiger charge is 2.19. The smallest absolute Gasteiger partial charge is 0.317 e. The van der Waals surface area contributed by atoms with Gasteiger partial charge in [0, 0.05) is 32.6 Å². The molecule has 1 aliphatic heterocycles. The standard InChI is InChI=1S/C17H26N4O2/c1-18-9-4-10-19-16(22)7-11-20-17(23)21-12-8-14-5-2-3-6-15(14)13-21/h2-3,5-6,18H,4,7-13H2,1H3,(H,19,22)(H,20,23). The van der Waals surface area contributed by atoms with Crippen molar-refractivity contribution in [3.05, 3.63) is 35.4 Å². The molecule has 0 unspecified atom stereocenters. The van der Waals surface area contributed by atoms with Crippen LogP contribution in [0.5, 0.6) is 0 Å². The zero-order chi connectivity index (χ0) is 16.5. The topological polar surface area (TPSA) is 73.5 Å². The molecule has 0 spiro atoms. The van der Waals surface area contributed by atoms with Crippen molar-refractivity contribution in [2.45, 2.75) is 25.8 Å². The Balaban J connectivity index is 1.65. The maximum Gasteiger partial charge on any atom is 0.317 e. The molecular formula is C17H26N4O2. The highest BCUT2D eigenvalue weighted by molar-refractivity contribution is 5.78. The van der Waals surface area contributed by atoms with E-state index in [9.17, 15) is 9.59 Å². The summed E-state index contributed by atoms with van der Waals surface area (Å²) in [6.45, 7) is 3.27. The van der Waals surface area contributed by atoms with Crippen LogP contribution in [0.3, 0.4) is 0 Å². The minimum absolute atomic E-state index is 0.0228. The SMILES string of the molecule is CNCCCNC(=O)CCNC(=O)N1CCc2ccccc2C1. The Kier molecular flexibility index (Phi) is 6.87. The van der Waals surface area contributed by atoms with Crippen molar-refractivity contribution in [1.29, 1.82) is 0 Å². The van der Waals surface area contributed by atoms with Crippen molar-refractivity contribution in [2.75, 3.05) is 33.2 Å². The molecule has 3 amide bonds. The summed E-state index contributed by atoms with van der Waals surface area (Å²) in [7, 11) is 1.89. The summed E-state index contributed by atoms with van der Waals surface area (Å²) in [5, 5.41) is 8.70. The van der Waals surface area contributed by atoms with Crippen LogP contribution in [-0.2, 0) is 17.8 Å². The fourth-order valence-corrected chi connectivity index (χ4v) is 2.65. The zero-order valence-corrected chi connectivity index (χ0v) is 13.7. The first-order chi connectivity index (χ1) is 11.2. The number of urea groups is 1. The molecule has 23 heavy (non-hydrogen) atoms. The molecule has 0 atom stereocenters. The quantitative estimate of drug-likeness (QED) is 0.653. The van der Waals surface area contributed by atoms with Gasteiger partial charge in [-0.2, -0.15) is 0 Å². The summed E-state index contributed by atoms with van der Waals surface area (Å²) in [6, 6.07) is 8.11. The summed E-state index contributed by atoms with van der Waals surface area (Å²) in [5.41, 5.74) is 2.52. The van der Waals surface area contributed by atoms with Crippen LogP contribution < -0.4 is 16.0 Å². The van der Waals surface area contributed by atoms with Crippen LogP contribution in [0.25, 0.3) is 0 Å². The lowest BCUT2D eigenvalue weighted by molar-refractivity contribution is -0.120. The van der Waals surface area contributed by atoms with Crippen LogP contribution in [-0.4, -0.2) is 50.1 Å². The molecule has 0 fully saturated rings. The fourth-order valence-electron chi connectivity index (χ4n) is 2.65. The van der Waals surface area contributed by atoms with Gasteiger partial charge in [0.2, 0.25) is 5.91 Å². The third-order valence-corrected chi connectivity index (χ3v) is 3.97. The van der Waals surface area contributed by atoms with Crippen LogP contribution in [0.15, 0.2) is 24.3 Å². The van der Waals surface area contributed by atoms with Crippen LogP contribution >= 0.6 is 0 Å². The number of carbonyl (C=O) groups excluding carboxylic acids is 2. The van der Waals surface area contributed by atoms with Gasteiger partial charge in [-0.3, -0.25) is 4.79 Å². The maximum atomic E-state index is 12.2. The molecule has 0 bridgehead atoms. The van der Waals surface area contributed by atoms with Gasteiger partial charge in [0.05, 0.1) is 0 Å². The Labute approximate surface area is 137 Å². The Hall–Kier alpha value is -2.08. The molecule has 1 heterocycles. The average molecular weight is 318 g/mol. The minimum Gasteiger partial charge on any atom is -0.356 e. The van der Waals surface area contributed by atoms with Gasteiger partial charge in [-0.15, -0.1) is 0 Å². The molecule has 1 aliphatic rings. The first-order valence-corrected chi connectivity index (χ1v) is 8.21. The second kappa shape index (κ2) is 9.15. The van der Waals surface area contributed by atoms with E-state index in [-0.39, 0.29) is 11.9 Å². The minimum atomic E-state index is -0.0949. The van der Waals surface area contributed by atoms with E-state index < -0.39 is 0 Å². The maximum absolute atomic E-state index is 12.2. The highest BCUT2D eigenvalue weighted by atomic mass is 16.2. The summed E-state index contributed by atoms with van der Waals surface area (Å²) >= 11 is 0. The van der Waals surface area contributed by atoms with Crippen LogP contribution in [0.1, 0.15) is 24.0 Å². The summed E-state index contributed by atoms with van der Waals surface area (Å²) < 4.78 is 0. The number of hydrogen-bond donors (Lipinski definition) is 3. The fraction of sp³-hybridized carbons (Fsp3) is 0.529. The van der Waals surface area contributed by atoms with Crippen molar-refractivity contribution < 1.29 is 9.59 Å². The van der Waals surface area contributed by atoms with Gasteiger partial charge in [-0.05, 0) is 37.6 Å². The number of nitrogens with zero attached hydrogens (tertiary/aromatic N) is 1. The molecule has 3 N–H and O–H groups in total. The molecule has 1 aromatic rings. The Morgan fingerprint density at radius 2 is 1.87 bits per heavy atom. The molecule has 0 saturated carbocycles. The summed E-state index contributed by atoms with van der Waals surface area (Å²) in [6.07, 6.45) is 2.10. The third-order valence-electron chi connectivity index (χ3n) is 3.97. The molecular weight excluding hydrogens is 292 g/mol. The Morgan fingerprint density at radius 3 is 2.65 bits per heavy atom. The predicted octanol–water partition coefficient (Wildman–Crippen LogP) is 0.870. The van der Waals surface area contributed by atoms with Gasteiger partial charge < -0.3 is 20.9 Å². The largest absolute Gasteiger partial charge is 0.356 e. The van der Waals surface area contributed by atoms with E-state index in [4.69, 9.17) is 0 Å². The van der Waals surface area contributed by atoms with Gasteiger partial charge in [0.15, 0.2) is 0 Å². The lowest BCUT2D eigenvalue weighted by Gasteiger charge is -2.28. The van der Waals surface area contributed by atoms with Crippen molar-refractivity contribution in [3.63, 3.8) is 0 Å². The van der Waals surface area contributed by atoms with E-state index in [0.29, 0.717) is 26.1 Å². The van der Waals surface area contributed by atoms with Gasteiger partial charge in [0.1, 0.15) is 0 Å². The molecule has 0 aliphatic carbocycles. The van der Waals surface area contributed by atoms with Crippen molar-refractivity contribution >= 4 is 11.9 Å². The summed E-state index contributed by atoms with van der Waals surface area (Å²) in [4.78, 5) is 25.6. The molecule has 1 aromatic carbocycles. The number of fused-ring (bicyclic) bond motifs is 1. The first-order valence-electron chi connectivity index (χ1n) is 8.21. The Morgan fingerprint density at radius 1 is 1.09 bits per heavy atom. The van der Waals surface area contributed by atoms with E-state index in [2.05, 4.69) is 28.1 Å². The molecule has 0 saturated heterocycles. The third kappa shape index (κ3) is 5.56. The average Bonchev–Trinajstić information content (AvgIpc) is 2.58. The number of rotatable bonds is 7. The monoisotopic (exact) mass is 318 g/mol. The number of hydrogen-bond acceptors (Lipinski definition) is 3. The van der Waals surface area contributed by atoms with E-state index in [1.165, 1.54) is 11.1 Å². The second-order valence-electron chi connectivity index (χ2n) is 5.73. The highest BCUT2D eigenvalue weighted by Crippen LogP contribution is 2.18. The molecule has 6 nitrogen and oxygen atoms in total. The molecule has 0 aromatic heterocycles. The normalized spacial score (nSPS) is 13.3. The van der Waals surface area contributed by atoms with E-state index >= 15 is 0 Å². The number of nitrogens with one attached hydrogen (secondary N) is 3. The van der Waals surface area contributed by atoms with E-state index in [1.807, 2.05) is 19.2 Å². The number of benzene rings is 1. The van der Waals surface area contributed by atoms with E-state index in [0.717, 1.165) is 25.9 Å². The zero-order valence-electron chi connectivity index (χ0n) is 13.7. The van der Waals surface area contributed by atoms with Crippen molar-refractivity contribution in [1.82, 2.24) is 20.9 Å². The number of amides is 3. The molecule has 2 rings (SSSR count). The van der Waals surface area contributed by atoms with Crippen molar-refractivity contribution in [3.8, 4) is 0 Å². The summed E-state index contributed by atoms with van der Waals surface area (Å²) in [5.74, 6) is -0.0228. The lowest BCUT2D eigenvalue weighted by Crippen LogP contribution is -2.43. The second-order valence-corrected chi connectivity index (χ2v) is 5.73. The van der Waals surface area contributed by atoms with Crippen LogP contribution in [0.2, 0.25) is 0 Å².